The van der Waals surface area contributed by atoms with Crippen molar-refractivity contribution in [3.63, 3.8) is 0 Å². The van der Waals surface area contributed by atoms with E-state index in [0.717, 1.165) is 17.0 Å². The minimum absolute atomic E-state index is 0.0399. The third kappa shape index (κ3) is 6.60. The molecule has 0 aliphatic carbocycles. The number of nitrogens with two attached hydrogens (primary N) is 1. The summed E-state index contributed by atoms with van der Waals surface area (Å²) in [5.74, 6) is 0.0399. The van der Waals surface area contributed by atoms with Gasteiger partial charge >= 0.3 is 0 Å². The van der Waals surface area contributed by atoms with Crippen LogP contribution in [0, 0.1) is 0 Å². The first kappa shape index (κ1) is 16.0. The number of benzene rings is 1. The van der Waals surface area contributed by atoms with Crippen molar-refractivity contribution in [3.05, 3.63) is 34.9 Å². The van der Waals surface area contributed by atoms with E-state index in [-0.39, 0.29) is 17.5 Å². The van der Waals surface area contributed by atoms with Crippen molar-refractivity contribution >= 4 is 17.5 Å². The van der Waals surface area contributed by atoms with Crippen LogP contribution in [-0.2, 0) is 11.2 Å². The maximum atomic E-state index is 11.8. The van der Waals surface area contributed by atoms with Gasteiger partial charge in [-0.3, -0.25) is 4.79 Å². The molecule has 0 bridgehead atoms. The monoisotopic (exact) mass is 282 g/mol. The van der Waals surface area contributed by atoms with Gasteiger partial charge < -0.3 is 11.1 Å². The second kappa shape index (κ2) is 6.92. The highest BCUT2D eigenvalue weighted by molar-refractivity contribution is 6.31. The summed E-state index contributed by atoms with van der Waals surface area (Å²) >= 11 is 6.10. The smallest absolute Gasteiger partial charge is 0.220 e. The lowest BCUT2D eigenvalue weighted by Crippen LogP contribution is -2.37. The third-order valence-corrected chi connectivity index (χ3v) is 3.26. The Morgan fingerprint density at radius 3 is 2.63 bits per heavy atom. The molecule has 0 saturated heterocycles. The molecule has 0 heterocycles. The van der Waals surface area contributed by atoms with Crippen LogP contribution in [-0.4, -0.2) is 17.5 Å². The van der Waals surface area contributed by atoms with Gasteiger partial charge in [-0.1, -0.05) is 29.8 Å². The van der Waals surface area contributed by atoms with Crippen LogP contribution < -0.4 is 11.1 Å². The fraction of sp³-hybridized carbons (Fsp3) is 0.533. The van der Waals surface area contributed by atoms with Crippen LogP contribution in [0.25, 0.3) is 0 Å². The second-order valence-corrected chi connectivity index (χ2v) is 6.16. The summed E-state index contributed by atoms with van der Waals surface area (Å²) in [6.07, 6.45) is 1.87. The average molecular weight is 283 g/mol. The molecule has 0 saturated carbocycles. The standard InChI is InChI=1S/C15H23ClN2O/c1-11(10-12-6-4-5-7-13(12)16)18-14(19)8-9-15(2,3)17/h4-7,11H,8-10,17H2,1-3H3,(H,18,19). The van der Waals surface area contributed by atoms with Crippen molar-refractivity contribution in [2.75, 3.05) is 0 Å². The van der Waals surface area contributed by atoms with Crippen molar-refractivity contribution < 1.29 is 4.79 Å². The molecule has 1 atom stereocenters. The van der Waals surface area contributed by atoms with Crippen molar-refractivity contribution in [1.82, 2.24) is 5.32 Å². The first-order valence-electron chi connectivity index (χ1n) is 6.59. The van der Waals surface area contributed by atoms with Crippen LogP contribution >= 0.6 is 11.6 Å². The molecule has 0 radical (unpaired) electrons. The zero-order chi connectivity index (χ0) is 14.5. The summed E-state index contributed by atoms with van der Waals surface area (Å²) in [4.78, 5) is 11.8. The lowest BCUT2D eigenvalue weighted by Gasteiger charge is -2.19. The molecular weight excluding hydrogens is 260 g/mol. The van der Waals surface area contributed by atoms with Gasteiger partial charge in [-0.15, -0.1) is 0 Å². The topological polar surface area (TPSA) is 55.1 Å². The first-order valence-corrected chi connectivity index (χ1v) is 6.97. The Kier molecular flexibility index (Phi) is 5.83. The maximum Gasteiger partial charge on any atom is 0.220 e. The molecule has 0 spiro atoms. The van der Waals surface area contributed by atoms with Crippen molar-refractivity contribution in [2.24, 2.45) is 5.73 Å². The minimum atomic E-state index is -0.302. The second-order valence-electron chi connectivity index (χ2n) is 5.75. The number of rotatable bonds is 6. The van der Waals surface area contributed by atoms with Gasteiger partial charge in [0.1, 0.15) is 0 Å². The first-order chi connectivity index (χ1) is 8.78. The highest BCUT2D eigenvalue weighted by Crippen LogP contribution is 2.16. The van der Waals surface area contributed by atoms with Crippen LogP contribution in [0.15, 0.2) is 24.3 Å². The van der Waals surface area contributed by atoms with E-state index in [1.54, 1.807) is 0 Å². The lowest BCUT2D eigenvalue weighted by molar-refractivity contribution is -0.122. The summed E-state index contributed by atoms with van der Waals surface area (Å²) in [6, 6.07) is 7.76. The van der Waals surface area contributed by atoms with E-state index in [9.17, 15) is 4.79 Å². The third-order valence-electron chi connectivity index (χ3n) is 2.89. The van der Waals surface area contributed by atoms with Gasteiger partial charge in [-0.05, 0) is 45.2 Å². The Hall–Kier alpha value is -1.06. The van der Waals surface area contributed by atoms with E-state index in [1.165, 1.54) is 0 Å². The Morgan fingerprint density at radius 2 is 2.05 bits per heavy atom. The van der Waals surface area contributed by atoms with E-state index in [1.807, 2.05) is 45.0 Å². The zero-order valence-corrected chi connectivity index (χ0v) is 12.6. The Morgan fingerprint density at radius 1 is 1.42 bits per heavy atom. The zero-order valence-electron chi connectivity index (χ0n) is 11.9. The summed E-state index contributed by atoms with van der Waals surface area (Å²) in [7, 11) is 0. The number of carbonyl (C=O) groups excluding carboxylic acids is 1. The number of hydrogen-bond donors (Lipinski definition) is 2. The largest absolute Gasteiger partial charge is 0.353 e. The van der Waals surface area contributed by atoms with Crippen molar-refractivity contribution in [2.45, 2.75) is 51.6 Å². The Labute approximate surface area is 120 Å². The van der Waals surface area contributed by atoms with E-state index < -0.39 is 0 Å². The molecule has 1 aromatic carbocycles. The van der Waals surface area contributed by atoms with E-state index in [4.69, 9.17) is 17.3 Å². The normalized spacial score (nSPS) is 13.1. The summed E-state index contributed by atoms with van der Waals surface area (Å²) in [6.45, 7) is 5.83. The van der Waals surface area contributed by atoms with Crippen LogP contribution in [0.2, 0.25) is 5.02 Å². The molecule has 0 aliphatic heterocycles. The SMILES string of the molecule is CC(Cc1ccccc1Cl)NC(=O)CCC(C)(C)N. The maximum absolute atomic E-state index is 11.8. The molecule has 1 unspecified atom stereocenters. The molecule has 19 heavy (non-hydrogen) atoms. The average Bonchev–Trinajstić information content (AvgIpc) is 2.29. The number of amides is 1. The molecule has 1 aromatic rings. The number of halogens is 1. The lowest BCUT2D eigenvalue weighted by atomic mass is 9.99. The molecular formula is C15H23ClN2O. The quantitative estimate of drug-likeness (QED) is 0.843. The van der Waals surface area contributed by atoms with Crippen LogP contribution in [0.3, 0.4) is 0 Å². The Bertz CT molecular complexity index is 426. The van der Waals surface area contributed by atoms with Crippen LogP contribution in [0.5, 0.6) is 0 Å². The Balaban J connectivity index is 2.41. The van der Waals surface area contributed by atoms with Gasteiger partial charge in [0.25, 0.3) is 0 Å². The van der Waals surface area contributed by atoms with Gasteiger partial charge in [-0.25, -0.2) is 0 Å². The molecule has 0 aliphatic rings. The molecule has 1 amide bonds. The van der Waals surface area contributed by atoms with Gasteiger partial charge in [-0.2, -0.15) is 0 Å². The minimum Gasteiger partial charge on any atom is -0.353 e. The van der Waals surface area contributed by atoms with Crippen LogP contribution in [0.1, 0.15) is 39.2 Å². The van der Waals surface area contributed by atoms with Crippen molar-refractivity contribution in [3.8, 4) is 0 Å². The summed E-state index contributed by atoms with van der Waals surface area (Å²) < 4.78 is 0. The molecule has 3 nitrogen and oxygen atoms in total. The molecule has 0 aromatic heterocycles. The molecule has 4 heteroatoms. The van der Waals surface area contributed by atoms with E-state index >= 15 is 0 Å². The highest BCUT2D eigenvalue weighted by Gasteiger charge is 2.15. The number of nitrogens with one attached hydrogen (secondary N) is 1. The van der Waals surface area contributed by atoms with E-state index in [2.05, 4.69) is 5.32 Å². The molecule has 0 fully saturated rings. The van der Waals surface area contributed by atoms with Gasteiger partial charge in [0.05, 0.1) is 0 Å². The number of hydrogen-bond acceptors (Lipinski definition) is 2. The fourth-order valence-corrected chi connectivity index (χ4v) is 2.04. The molecule has 1 rings (SSSR count). The number of carbonyl (C=O) groups is 1. The van der Waals surface area contributed by atoms with Gasteiger partial charge in [0.15, 0.2) is 0 Å². The van der Waals surface area contributed by atoms with Gasteiger partial charge in [0.2, 0.25) is 5.91 Å². The van der Waals surface area contributed by atoms with Crippen LogP contribution in [0.4, 0.5) is 0 Å². The van der Waals surface area contributed by atoms with Crippen molar-refractivity contribution in [1.29, 1.82) is 0 Å². The summed E-state index contributed by atoms with van der Waals surface area (Å²) in [5.41, 5.74) is 6.61. The fourth-order valence-electron chi connectivity index (χ4n) is 1.83. The van der Waals surface area contributed by atoms with E-state index in [0.29, 0.717) is 12.8 Å². The predicted octanol–water partition coefficient (Wildman–Crippen LogP) is 2.90. The summed E-state index contributed by atoms with van der Waals surface area (Å²) in [5, 5.41) is 3.72. The predicted molar refractivity (Wildman–Crippen MR) is 80.3 cm³/mol. The van der Waals surface area contributed by atoms with Gasteiger partial charge in [0, 0.05) is 23.0 Å². The highest BCUT2D eigenvalue weighted by atomic mass is 35.5. The molecule has 3 N–H and O–H groups in total. The molecule has 106 valence electrons.